The molecular formula is C31H48N4O4S4. The third-order valence-corrected chi connectivity index (χ3v) is 11.4. The Bertz CT molecular complexity index is 1480. The minimum absolute atomic E-state index is 0.123. The van der Waals surface area contributed by atoms with Crippen molar-refractivity contribution in [2.75, 3.05) is 48.8 Å². The van der Waals surface area contributed by atoms with E-state index in [9.17, 15) is 16.8 Å². The van der Waals surface area contributed by atoms with Gasteiger partial charge in [-0.15, -0.1) is 22.7 Å². The molecule has 240 valence electrons. The van der Waals surface area contributed by atoms with Crippen LogP contribution < -0.4 is 9.62 Å². The maximum Gasteiger partial charge on any atom is 0.273 e. The number of benzene rings is 1. The van der Waals surface area contributed by atoms with Crippen LogP contribution >= 0.6 is 22.7 Å². The number of hydrogen-bond donors (Lipinski definition) is 1. The monoisotopic (exact) mass is 668 g/mol. The lowest BCUT2D eigenvalue weighted by Crippen LogP contribution is -2.32. The molecule has 2 heterocycles. The zero-order valence-corrected chi connectivity index (χ0v) is 29.8. The summed E-state index contributed by atoms with van der Waals surface area (Å²) in [6.45, 7) is 9.77. The molecule has 2 aromatic heterocycles. The number of sulfonamides is 1. The van der Waals surface area contributed by atoms with Crippen molar-refractivity contribution in [1.82, 2.24) is 9.88 Å². The molecule has 1 aliphatic rings. The molecule has 0 unspecified atom stereocenters. The van der Waals surface area contributed by atoms with Crippen LogP contribution in [0, 0.1) is 5.92 Å². The van der Waals surface area contributed by atoms with E-state index < -0.39 is 19.9 Å². The number of aromatic nitrogens is 1. The molecule has 1 aliphatic carbocycles. The van der Waals surface area contributed by atoms with Crippen molar-refractivity contribution in [3.8, 4) is 0 Å². The third kappa shape index (κ3) is 12.0. The minimum atomic E-state index is -3.68. The van der Waals surface area contributed by atoms with Gasteiger partial charge in [0.1, 0.15) is 19.1 Å². The Kier molecular flexibility index (Phi) is 15.4. The fourth-order valence-corrected chi connectivity index (χ4v) is 8.21. The first kappa shape index (κ1) is 36.9. The van der Waals surface area contributed by atoms with Gasteiger partial charge in [-0.1, -0.05) is 65.2 Å². The molecule has 0 bridgehead atoms. The predicted octanol–water partition coefficient (Wildman–Crippen LogP) is 7.33. The van der Waals surface area contributed by atoms with Gasteiger partial charge in [0.05, 0.1) is 17.1 Å². The van der Waals surface area contributed by atoms with E-state index >= 15 is 0 Å². The minimum Gasteiger partial charge on any atom is -0.386 e. The molecule has 1 saturated carbocycles. The van der Waals surface area contributed by atoms with Gasteiger partial charge in [0.2, 0.25) is 0 Å². The molecule has 1 N–H and O–H groups in total. The number of anilines is 2. The average molecular weight is 669 g/mol. The van der Waals surface area contributed by atoms with Crippen LogP contribution in [-0.4, -0.2) is 65.9 Å². The summed E-state index contributed by atoms with van der Waals surface area (Å²) in [5.74, 6) is 0.722. The van der Waals surface area contributed by atoms with Crippen LogP contribution in [0.3, 0.4) is 0 Å². The number of thiazole rings is 1. The predicted molar refractivity (Wildman–Crippen MR) is 187 cm³/mol. The van der Waals surface area contributed by atoms with Gasteiger partial charge in [-0.2, -0.15) is 0 Å². The highest BCUT2D eigenvalue weighted by Gasteiger charge is 2.30. The van der Waals surface area contributed by atoms with Gasteiger partial charge in [0.15, 0.2) is 0 Å². The number of nitrogens with one attached hydrogen (secondary N) is 1. The summed E-state index contributed by atoms with van der Waals surface area (Å²) in [5, 5.41) is 5.84. The summed E-state index contributed by atoms with van der Waals surface area (Å²) >= 11 is 2.78. The van der Waals surface area contributed by atoms with E-state index in [1.807, 2.05) is 62.3 Å². The fraction of sp³-hybridized carbons (Fsp3) is 0.516. The Morgan fingerprint density at radius 1 is 1.05 bits per heavy atom. The molecule has 0 atom stereocenters. The fourth-order valence-electron chi connectivity index (χ4n) is 4.07. The van der Waals surface area contributed by atoms with E-state index in [1.165, 1.54) is 24.0 Å². The first-order valence-corrected chi connectivity index (χ1v) is 20.0. The zero-order valence-electron chi connectivity index (χ0n) is 26.5. The Balaban J connectivity index is 0.00000121. The van der Waals surface area contributed by atoms with Crippen molar-refractivity contribution in [1.29, 1.82) is 0 Å². The zero-order chi connectivity index (χ0) is 32.0. The van der Waals surface area contributed by atoms with Gasteiger partial charge in [0, 0.05) is 44.0 Å². The molecule has 0 radical (unpaired) electrons. The quantitative estimate of drug-likeness (QED) is 0.192. The lowest BCUT2D eigenvalue weighted by atomic mass is 10.1. The highest BCUT2D eigenvalue weighted by atomic mass is 32.2. The van der Waals surface area contributed by atoms with Crippen LogP contribution in [-0.2, 0) is 26.4 Å². The Morgan fingerprint density at radius 3 is 2.33 bits per heavy atom. The average Bonchev–Trinajstić information content (AvgIpc) is 3.41. The van der Waals surface area contributed by atoms with E-state index in [4.69, 9.17) is 0 Å². The molecule has 8 nitrogen and oxygen atoms in total. The lowest BCUT2D eigenvalue weighted by Gasteiger charge is -2.27. The molecule has 0 saturated heterocycles. The number of rotatable bonds is 14. The summed E-state index contributed by atoms with van der Waals surface area (Å²) in [6.07, 6.45) is 11.3. The molecule has 1 aromatic carbocycles. The molecule has 43 heavy (non-hydrogen) atoms. The first-order valence-electron chi connectivity index (χ1n) is 14.8. The van der Waals surface area contributed by atoms with Gasteiger partial charge in [0.25, 0.3) is 10.0 Å². The lowest BCUT2D eigenvalue weighted by molar-refractivity contribution is 0.349. The van der Waals surface area contributed by atoms with Gasteiger partial charge in [-0.05, 0) is 54.6 Å². The smallest absolute Gasteiger partial charge is 0.273 e. The maximum atomic E-state index is 13.6. The molecule has 0 amide bonds. The Labute approximate surface area is 267 Å². The van der Waals surface area contributed by atoms with Gasteiger partial charge in [-0.3, -0.25) is 4.31 Å². The van der Waals surface area contributed by atoms with Gasteiger partial charge in [-0.25, -0.2) is 21.8 Å². The highest BCUT2D eigenvalue weighted by Crippen LogP contribution is 2.38. The topological polar surface area (TPSA) is 99.7 Å². The van der Waals surface area contributed by atoms with Gasteiger partial charge < -0.3 is 10.2 Å². The standard InChI is InChI=1S/C26H34N4O4S4.C3H8.C2H6/c1-27-26-21(11-12-24-28-18-22(36-24)19-29(2)15-17-37(3,31)32)6-4-7-23(26)30(14-13-20-9-10-20)38(33,34)25-8-5-16-35-25;1-3-2;1-2/h4-8,11-12,16,18,20,27H,9-10,13-15,17,19H2,1-3H3;3H2,1-2H3;1-2H3/b12-11+;;. The van der Waals surface area contributed by atoms with E-state index in [2.05, 4.69) is 24.1 Å². The van der Waals surface area contributed by atoms with Crippen molar-refractivity contribution in [3.63, 3.8) is 0 Å². The van der Waals surface area contributed by atoms with Crippen molar-refractivity contribution in [3.05, 3.63) is 57.4 Å². The maximum absolute atomic E-state index is 13.6. The Morgan fingerprint density at radius 2 is 1.74 bits per heavy atom. The summed E-state index contributed by atoms with van der Waals surface area (Å²) in [6, 6.07) is 9.12. The number of thiophene rings is 1. The van der Waals surface area contributed by atoms with Crippen LogP contribution in [0.4, 0.5) is 11.4 Å². The van der Waals surface area contributed by atoms with Crippen molar-refractivity contribution in [2.24, 2.45) is 5.92 Å². The normalized spacial score (nSPS) is 13.3. The third-order valence-electron chi connectivity index (χ3n) is 6.32. The van der Waals surface area contributed by atoms with Gasteiger partial charge >= 0.3 is 0 Å². The van der Waals surface area contributed by atoms with E-state index in [0.29, 0.717) is 35.4 Å². The second-order valence-corrected chi connectivity index (χ2v) is 16.7. The highest BCUT2D eigenvalue weighted by molar-refractivity contribution is 7.94. The molecule has 12 heteroatoms. The van der Waals surface area contributed by atoms with Crippen molar-refractivity contribution >= 4 is 66.1 Å². The number of nitrogens with zero attached hydrogens (tertiary/aromatic N) is 3. The van der Waals surface area contributed by atoms with Crippen LogP contribution in [0.1, 0.15) is 68.8 Å². The second-order valence-electron chi connectivity index (χ2n) is 10.3. The van der Waals surface area contributed by atoms with Crippen molar-refractivity contribution < 1.29 is 16.8 Å². The molecule has 0 aliphatic heterocycles. The summed E-state index contributed by atoms with van der Waals surface area (Å²) in [7, 11) is -2.98. The number of para-hydroxylation sites is 1. The van der Waals surface area contributed by atoms with Crippen LogP contribution in [0.2, 0.25) is 0 Å². The SMILES string of the molecule is CC.CCC.CNc1c(/C=C/c2ncc(CN(C)CCS(C)(=O)=O)s2)cccc1N(CCC1CC1)S(=O)(=O)c1cccs1. The molecule has 1 fully saturated rings. The van der Waals surface area contributed by atoms with E-state index in [0.717, 1.165) is 40.4 Å². The number of hydrogen-bond acceptors (Lipinski definition) is 9. The van der Waals surface area contributed by atoms with E-state index in [1.54, 1.807) is 40.2 Å². The van der Waals surface area contributed by atoms with Crippen LogP contribution in [0.5, 0.6) is 0 Å². The van der Waals surface area contributed by atoms with Crippen LogP contribution in [0.15, 0.2) is 46.1 Å². The summed E-state index contributed by atoms with van der Waals surface area (Å²) in [5.41, 5.74) is 2.25. The van der Waals surface area contributed by atoms with Crippen LogP contribution in [0.25, 0.3) is 12.2 Å². The largest absolute Gasteiger partial charge is 0.386 e. The molecule has 3 aromatic rings. The molecule has 0 spiro atoms. The number of sulfone groups is 1. The summed E-state index contributed by atoms with van der Waals surface area (Å²) < 4.78 is 52.0. The second kappa shape index (κ2) is 17.9. The molecular weight excluding hydrogens is 621 g/mol. The van der Waals surface area contributed by atoms with Crippen molar-refractivity contribution in [2.45, 2.75) is 64.1 Å². The molecule has 4 rings (SSSR count). The van der Waals surface area contributed by atoms with E-state index in [-0.39, 0.29) is 5.75 Å². The first-order chi connectivity index (χ1) is 20.5. The Hall–Kier alpha value is -2.25. The summed E-state index contributed by atoms with van der Waals surface area (Å²) in [4.78, 5) is 7.50.